The lowest BCUT2D eigenvalue weighted by molar-refractivity contribution is 1.36. The third-order valence-electron chi connectivity index (χ3n) is 1.55. The van der Waals surface area contributed by atoms with Gasteiger partial charge in [-0.2, -0.15) is 0 Å². The molecule has 0 aliphatic carbocycles. The lowest BCUT2D eigenvalue weighted by atomic mass is 10.4. The zero-order chi connectivity index (χ0) is 8.48. The van der Waals surface area contributed by atoms with Crippen LogP contribution in [0.3, 0.4) is 0 Å². The number of rotatable bonds is 1. The first-order valence-electron chi connectivity index (χ1n) is 3.72. The van der Waals surface area contributed by atoms with Crippen LogP contribution in [0.5, 0.6) is 0 Å². The van der Waals surface area contributed by atoms with Gasteiger partial charge in [0.1, 0.15) is 8.07 Å². The first-order valence-corrected chi connectivity index (χ1v) is 7.22. The van der Waals surface area contributed by atoms with E-state index in [0.717, 1.165) is 5.69 Å². The van der Waals surface area contributed by atoms with Crippen molar-refractivity contribution in [3.05, 3.63) is 18.3 Å². The van der Waals surface area contributed by atoms with Gasteiger partial charge in [-0.1, -0.05) is 19.6 Å². The molecule has 60 valence electrons. The monoisotopic (exact) mass is 166 g/mol. The van der Waals surface area contributed by atoms with Gasteiger partial charge in [0.05, 0.1) is 0 Å². The molecule has 0 aliphatic heterocycles. The van der Waals surface area contributed by atoms with Crippen LogP contribution < -0.4 is 11.1 Å². The second kappa shape index (κ2) is 2.66. The van der Waals surface area contributed by atoms with Gasteiger partial charge in [-0.25, -0.2) is 0 Å². The zero-order valence-corrected chi connectivity index (χ0v) is 8.26. The molecule has 0 fully saturated rings. The number of aromatic nitrogens is 1. The Bertz CT molecular complexity index is 235. The van der Waals surface area contributed by atoms with Gasteiger partial charge in [0.25, 0.3) is 0 Å². The number of hydrogen-bond donors (Lipinski definition) is 1. The summed E-state index contributed by atoms with van der Waals surface area (Å²) >= 11 is 0. The van der Waals surface area contributed by atoms with E-state index < -0.39 is 8.07 Å². The topological polar surface area (TPSA) is 38.9 Å². The third-order valence-corrected chi connectivity index (χ3v) is 3.39. The minimum atomic E-state index is -1.22. The van der Waals surface area contributed by atoms with Crippen LogP contribution in [0.2, 0.25) is 19.6 Å². The highest BCUT2D eigenvalue weighted by Gasteiger charge is 2.17. The Morgan fingerprint density at radius 1 is 1.27 bits per heavy atom. The molecule has 11 heavy (non-hydrogen) atoms. The van der Waals surface area contributed by atoms with Crippen LogP contribution >= 0.6 is 0 Å². The van der Waals surface area contributed by atoms with Gasteiger partial charge in [0, 0.05) is 17.2 Å². The van der Waals surface area contributed by atoms with Gasteiger partial charge in [-0.15, -0.1) is 0 Å². The zero-order valence-electron chi connectivity index (χ0n) is 7.26. The minimum Gasteiger partial charge on any atom is -0.397 e. The number of hydrogen-bond acceptors (Lipinski definition) is 2. The van der Waals surface area contributed by atoms with E-state index in [1.54, 1.807) is 6.20 Å². The van der Waals surface area contributed by atoms with Crippen LogP contribution in [-0.4, -0.2) is 13.1 Å². The molecule has 2 nitrogen and oxygen atoms in total. The Kier molecular flexibility index (Phi) is 2.00. The van der Waals surface area contributed by atoms with E-state index in [1.807, 2.05) is 12.1 Å². The summed E-state index contributed by atoms with van der Waals surface area (Å²) in [7, 11) is -1.22. The number of pyridine rings is 1. The summed E-state index contributed by atoms with van der Waals surface area (Å²) in [5.41, 5.74) is 6.27. The van der Waals surface area contributed by atoms with Crippen molar-refractivity contribution in [3.63, 3.8) is 0 Å². The predicted molar refractivity (Wildman–Crippen MR) is 51.6 cm³/mol. The van der Waals surface area contributed by atoms with E-state index >= 15 is 0 Å². The second-order valence-corrected chi connectivity index (χ2v) is 8.74. The fourth-order valence-electron chi connectivity index (χ4n) is 0.849. The predicted octanol–water partition coefficient (Wildman–Crippen LogP) is 1.21. The molecule has 0 atom stereocenters. The first kappa shape index (κ1) is 8.27. The van der Waals surface area contributed by atoms with Crippen LogP contribution in [0.1, 0.15) is 0 Å². The summed E-state index contributed by atoms with van der Waals surface area (Å²) < 4.78 is 0. The fourth-order valence-corrected chi connectivity index (χ4v) is 1.88. The maximum absolute atomic E-state index is 5.52. The van der Waals surface area contributed by atoms with Crippen LogP contribution in [0.25, 0.3) is 0 Å². The molecule has 0 amide bonds. The SMILES string of the molecule is C[Si](C)(C)c1ccc(N)cn1. The Labute approximate surface area is 68.5 Å². The Hall–Kier alpha value is -0.833. The van der Waals surface area contributed by atoms with Gasteiger partial charge < -0.3 is 5.73 Å². The van der Waals surface area contributed by atoms with E-state index in [9.17, 15) is 0 Å². The Morgan fingerprint density at radius 2 is 1.91 bits per heavy atom. The number of nitrogen functional groups attached to an aromatic ring is 1. The Morgan fingerprint density at radius 3 is 2.27 bits per heavy atom. The minimum absolute atomic E-state index is 0.743. The standard InChI is InChI=1S/C8H14N2Si/c1-11(2,3)8-5-4-7(9)6-10-8/h4-6H,9H2,1-3H3. The molecule has 0 saturated carbocycles. The van der Waals surface area contributed by atoms with Crippen LogP contribution in [-0.2, 0) is 0 Å². The lowest BCUT2D eigenvalue weighted by Gasteiger charge is -2.14. The molecule has 2 N–H and O–H groups in total. The summed E-state index contributed by atoms with van der Waals surface area (Å²) in [5, 5.41) is 1.21. The molecule has 0 aliphatic rings. The number of nitrogens with zero attached hydrogens (tertiary/aromatic N) is 1. The first-order chi connectivity index (χ1) is 5.00. The lowest BCUT2D eigenvalue weighted by Crippen LogP contribution is -2.39. The largest absolute Gasteiger partial charge is 0.397 e. The molecule has 1 aromatic heterocycles. The molecule has 1 aromatic rings. The van der Waals surface area contributed by atoms with Crippen LogP contribution in [0.15, 0.2) is 18.3 Å². The van der Waals surface area contributed by atoms with Crippen LogP contribution in [0, 0.1) is 0 Å². The molecule has 0 aromatic carbocycles. The highest BCUT2D eigenvalue weighted by molar-refractivity contribution is 6.88. The van der Waals surface area contributed by atoms with Crippen molar-refractivity contribution in [1.82, 2.24) is 4.98 Å². The van der Waals surface area contributed by atoms with Crippen molar-refractivity contribution >= 4 is 19.1 Å². The fraction of sp³-hybridized carbons (Fsp3) is 0.375. The molecule has 0 bridgehead atoms. The summed E-state index contributed by atoms with van der Waals surface area (Å²) in [6, 6.07) is 3.95. The highest BCUT2D eigenvalue weighted by Crippen LogP contribution is 2.01. The van der Waals surface area contributed by atoms with Gasteiger partial charge in [-0.05, 0) is 12.1 Å². The molecule has 0 spiro atoms. The second-order valence-electron chi connectivity index (χ2n) is 3.73. The maximum atomic E-state index is 5.52. The van der Waals surface area contributed by atoms with Crippen molar-refractivity contribution in [2.45, 2.75) is 19.6 Å². The molecule has 0 unspecified atom stereocenters. The maximum Gasteiger partial charge on any atom is 0.101 e. The third kappa shape index (κ3) is 2.05. The molecule has 0 radical (unpaired) electrons. The number of anilines is 1. The Balaban J connectivity index is 2.99. The van der Waals surface area contributed by atoms with Crippen molar-refractivity contribution < 1.29 is 0 Å². The van der Waals surface area contributed by atoms with Gasteiger partial charge in [0.15, 0.2) is 0 Å². The molecular formula is C8H14N2Si. The summed E-state index contributed by atoms with van der Waals surface area (Å²) in [4.78, 5) is 4.29. The van der Waals surface area contributed by atoms with E-state index in [0.29, 0.717) is 0 Å². The van der Waals surface area contributed by atoms with E-state index in [-0.39, 0.29) is 0 Å². The molecule has 3 heteroatoms. The van der Waals surface area contributed by atoms with Crippen molar-refractivity contribution in [3.8, 4) is 0 Å². The molecule has 1 heterocycles. The van der Waals surface area contributed by atoms with Crippen LogP contribution in [0.4, 0.5) is 5.69 Å². The summed E-state index contributed by atoms with van der Waals surface area (Å²) in [5.74, 6) is 0. The van der Waals surface area contributed by atoms with E-state index in [2.05, 4.69) is 24.6 Å². The molecule has 1 rings (SSSR count). The highest BCUT2D eigenvalue weighted by atomic mass is 28.3. The van der Waals surface area contributed by atoms with E-state index in [1.165, 1.54) is 5.32 Å². The van der Waals surface area contributed by atoms with Crippen molar-refractivity contribution in [1.29, 1.82) is 0 Å². The van der Waals surface area contributed by atoms with Crippen molar-refractivity contribution in [2.24, 2.45) is 0 Å². The van der Waals surface area contributed by atoms with Gasteiger partial charge in [0.2, 0.25) is 0 Å². The number of nitrogens with two attached hydrogens (primary N) is 1. The summed E-state index contributed by atoms with van der Waals surface area (Å²) in [6.07, 6.45) is 1.73. The average molecular weight is 166 g/mol. The average Bonchev–Trinajstić information content (AvgIpc) is 1.86. The molecular weight excluding hydrogens is 152 g/mol. The van der Waals surface area contributed by atoms with Gasteiger partial charge in [-0.3, -0.25) is 4.98 Å². The smallest absolute Gasteiger partial charge is 0.101 e. The summed E-state index contributed by atoms with van der Waals surface area (Å²) in [6.45, 7) is 6.81. The van der Waals surface area contributed by atoms with E-state index in [4.69, 9.17) is 5.73 Å². The quantitative estimate of drug-likeness (QED) is 0.637. The normalized spacial score (nSPS) is 11.5. The van der Waals surface area contributed by atoms with Gasteiger partial charge >= 0.3 is 0 Å². The van der Waals surface area contributed by atoms with Crippen molar-refractivity contribution in [2.75, 3.05) is 5.73 Å². The molecule has 0 saturated heterocycles.